The highest BCUT2D eigenvalue weighted by Gasteiger charge is 2.16. The molecule has 0 aliphatic heterocycles. The molecular weight excluding hydrogens is 446 g/mol. The first kappa shape index (κ1) is 23.6. The summed E-state index contributed by atoms with van der Waals surface area (Å²) in [7, 11) is 1.79. The molecule has 3 aromatic carbocycles. The number of ether oxygens (including phenoxy) is 1. The van der Waals surface area contributed by atoms with Crippen LogP contribution in [0.2, 0.25) is 0 Å². The van der Waals surface area contributed by atoms with Gasteiger partial charge < -0.3 is 9.64 Å². The minimum Gasteiger partial charge on any atom is -0.494 e. The van der Waals surface area contributed by atoms with Crippen LogP contribution in [0.15, 0.2) is 82.7 Å². The van der Waals surface area contributed by atoms with E-state index in [1.54, 1.807) is 22.6 Å². The molecule has 1 aromatic heterocycles. The highest BCUT2D eigenvalue weighted by Crippen LogP contribution is 2.23. The second kappa shape index (κ2) is 10.6. The maximum absolute atomic E-state index is 13.4. The SMILES string of the molecule is CCOc1ccc(-n2c(SCC(=O)N(C)Cc3ccc(C)cc3)nc3ccccc3c2=O)cc1. The number of para-hydroxylation sites is 1. The first-order valence-electron chi connectivity index (χ1n) is 11.1. The quantitative estimate of drug-likeness (QED) is 0.271. The van der Waals surface area contributed by atoms with Gasteiger partial charge in [-0.15, -0.1) is 0 Å². The molecule has 0 aliphatic rings. The molecule has 0 fully saturated rings. The fraction of sp³-hybridized carbons (Fsp3) is 0.222. The number of amides is 1. The fourth-order valence-electron chi connectivity index (χ4n) is 3.59. The van der Waals surface area contributed by atoms with E-state index in [1.165, 1.54) is 17.3 Å². The molecule has 0 spiro atoms. The monoisotopic (exact) mass is 473 g/mol. The molecule has 0 bridgehead atoms. The summed E-state index contributed by atoms with van der Waals surface area (Å²) in [6.45, 7) is 5.05. The van der Waals surface area contributed by atoms with Crippen LogP contribution in [0.5, 0.6) is 5.75 Å². The molecule has 0 radical (unpaired) electrons. The Hall–Kier alpha value is -3.58. The van der Waals surface area contributed by atoms with Crippen molar-refractivity contribution in [2.45, 2.75) is 25.5 Å². The Bertz CT molecular complexity index is 1350. The van der Waals surface area contributed by atoms with E-state index < -0.39 is 0 Å². The van der Waals surface area contributed by atoms with Crippen LogP contribution in [-0.2, 0) is 11.3 Å². The van der Waals surface area contributed by atoms with E-state index in [0.29, 0.717) is 34.9 Å². The molecule has 0 saturated heterocycles. The number of aryl methyl sites for hydroxylation is 1. The van der Waals surface area contributed by atoms with Crippen molar-refractivity contribution < 1.29 is 9.53 Å². The predicted molar refractivity (Wildman–Crippen MR) is 137 cm³/mol. The van der Waals surface area contributed by atoms with Crippen LogP contribution in [0, 0.1) is 6.92 Å². The maximum Gasteiger partial charge on any atom is 0.266 e. The Kier molecular flexibility index (Phi) is 7.33. The molecule has 0 aliphatic carbocycles. The van der Waals surface area contributed by atoms with Crippen LogP contribution >= 0.6 is 11.8 Å². The van der Waals surface area contributed by atoms with E-state index in [4.69, 9.17) is 9.72 Å². The van der Waals surface area contributed by atoms with Crippen LogP contribution < -0.4 is 10.3 Å². The normalized spacial score (nSPS) is 10.9. The largest absolute Gasteiger partial charge is 0.494 e. The van der Waals surface area contributed by atoms with Crippen molar-refractivity contribution in [3.05, 3.63) is 94.3 Å². The molecule has 4 aromatic rings. The maximum atomic E-state index is 13.4. The first-order chi connectivity index (χ1) is 16.5. The smallest absolute Gasteiger partial charge is 0.266 e. The molecule has 0 N–H and O–H groups in total. The van der Waals surface area contributed by atoms with Gasteiger partial charge in [-0.2, -0.15) is 0 Å². The van der Waals surface area contributed by atoms with Crippen LogP contribution in [0.4, 0.5) is 0 Å². The number of fused-ring (bicyclic) bond motifs is 1. The molecule has 174 valence electrons. The van der Waals surface area contributed by atoms with Crippen LogP contribution in [0.1, 0.15) is 18.1 Å². The van der Waals surface area contributed by atoms with Gasteiger partial charge in [0.05, 0.1) is 29.0 Å². The highest BCUT2D eigenvalue weighted by atomic mass is 32.2. The number of aromatic nitrogens is 2. The lowest BCUT2D eigenvalue weighted by Gasteiger charge is -2.18. The minimum atomic E-state index is -0.169. The number of nitrogens with zero attached hydrogens (tertiary/aromatic N) is 3. The molecule has 7 heteroatoms. The van der Waals surface area contributed by atoms with E-state index in [9.17, 15) is 9.59 Å². The van der Waals surface area contributed by atoms with Crippen molar-refractivity contribution in [3.63, 3.8) is 0 Å². The molecule has 1 amide bonds. The summed E-state index contributed by atoms with van der Waals surface area (Å²) in [5.41, 5.74) is 3.37. The third-order valence-electron chi connectivity index (χ3n) is 5.44. The standard InChI is InChI=1S/C27H27N3O3S/c1-4-33-22-15-13-21(14-16-22)30-26(32)23-7-5-6-8-24(23)28-27(30)34-18-25(31)29(3)17-20-11-9-19(2)10-12-20/h5-16H,4,17-18H2,1-3H3. The number of thioether (sulfide) groups is 1. The molecule has 0 saturated carbocycles. The van der Waals surface area contributed by atoms with Crippen LogP contribution in [0.3, 0.4) is 0 Å². The van der Waals surface area contributed by atoms with Gasteiger partial charge in [0, 0.05) is 13.6 Å². The number of carbonyl (C=O) groups is 1. The molecule has 6 nitrogen and oxygen atoms in total. The van der Waals surface area contributed by atoms with E-state index in [2.05, 4.69) is 0 Å². The van der Waals surface area contributed by atoms with Gasteiger partial charge in [0.2, 0.25) is 5.91 Å². The zero-order chi connectivity index (χ0) is 24.1. The average Bonchev–Trinajstić information content (AvgIpc) is 2.85. The lowest BCUT2D eigenvalue weighted by molar-refractivity contribution is -0.127. The van der Waals surface area contributed by atoms with E-state index in [-0.39, 0.29) is 17.2 Å². The minimum absolute atomic E-state index is 0.0359. The van der Waals surface area contributed by atoms with Crippen molar-refractivity contribution in [3.8, 4) is 11.4 Å². The lowest BCUT2D eigenvalue weighted by Crippen LogP contribution is -2.28. The van der Waals surface area contributed by atoms with Gasteiger partial charge in [-0.05, 0) is 55.8 Å². The summed E-state index contributed by atoms with van der Waals surface area (Å²) in [5.74, 6) is 0.867. The molecule has 4 rings (SSSR count). The van der Waals surface area contributed by atoms with Gasteiger partial charge in [-0.3, -0.25) is 14.2 Å². The van der Waals surface area contributed by atoms with E-state index in [0.717, 1.165) is 11.3 Å². The Balaban J connectivity index is 1.60. The van der Waals surface area contributed by atoms with Gasteiger partial charge in [0.25, 0.3) is 5.56 Å². The summed E-state index contributed by atoms with van der Waals surface area (Å²) < 4.78 is 7.10. The zero-order valence-electron chi connectivity index (χ0n) is 19.5. The molecule has 0 unspecified atom stereocenters. The van der Waals surface area contributed by atoms with Gasteiger partial charge in [0.1, 0.15) is 5.75 Å². The second-order valence-electron chi connectivity index (χ2n) is 8.00. The molecule has 1 heterocycles. The number of hydrogen-bond acceptors (Lipinski definition) is 5. The number of hydrogen-bond donors (Lipinski definition) is 0. The van der Waals surface area contributed by atoms with Crippen molar-refractivity contribution >= 4 is 28.6 Å². The summed E-state index contributed by atoms with van der Waals surface area (Å²) in [5, 5.41) is 1.01. The third kappa shape index (κ3) is 5.31. The van der Waals surface area contributed by atoms with Crippen molar-refractivity contribution in [2.24, 2.45) is 0 Å². The average molecular weight is 474 g/mol. The third-order valence-corrected chi connectivity index (χ3v) is 6.37. The van der Waals surface area contributed by atoms with Crippen molar-refractivity contribution in [2.75, 3.05) is 19.4 Å². The zero-order valence-corrected chi connectivity index (χ0v) is 20.3. The Labute approximate surface area is 203 Å². The number of rotatable bonds is 8. The summed E-state index contributed by atoms with van der Waals surface area (Å²) in [6.07, 6.45) is 0. The fourth-order valence-corrected chi connectivity index (χ4v) is 4.54. The van der Waals surface area contributed by atoms with Crippen molar-refractivity contribution in [1.82, 2.24) is 14.5 Å². The lowest BCUT2D eigenvalue weighted by atomic mass is 10.1. The highest BCUT2D eigenvalue weighted by molar-refractivity contribution is 7.99. The van der Waals surface area contributed by atoms with Gasteiger partial charge in [-0.25, -0.2) is 4.98 Å². The summed E-state index contributed by atoms with van der Waals surface area (Å²) >= 11 is 1.26. The Morgan fingerprint density at radius 3 is 2.44 bits per heavy atom. The Morgan fingerprint density at radius 1 is 1.03 bits per heavy atom. The van der Waals surface area contributed by atoms with E-state index in [1.807, 2.05) is 80.6 Å². The first-order valence-corrected chi connectivity index (χ1v) is 12.1. The molecule has 0 atom stereocenters. The number of benzene rings is 3. The summed E-state index contributed by atoms with van der Waals surface area (Å²) in [6, 6.07) is 22.7. The van der Waals surface area contributed by atoms with Crippen molar-refractivity contribution in [1.29, 1.82) is 0 Å². The Morgan fingerprint density at radius 2 is 1.74 bits per heavy atom. The van der Waals surface area contributed by atoms with Crippen LogP contribution in [0.25, 0.3) is 16.6 Å². The molecular formula is C27H27N3O3S. The summed E-state index contributed by atoms with van der Waals surface area (Å²) in [4.78, 5) is 32.7. The molecule has 34 heavy (non-hydrogen) atoms. The van der Waals surface area contributed by atoms with Crippen LogP contribution in [-0.4, -0.2) is 39.8 Å². The second-order valence-corrected chi connectivity index (χ2v) is 8.95. The van der Waals surface area contributed by atoms with Gasteiger partial charge in [-0.1, -0.05) is 53.7 Å². The van der Waals surface area contributed by atoms with Gasteiger partial charge in [0.15, 0.2) is 5.16 Å². The van der Waals surface area contributed by atoms with Gasteiger partial charge >= 0.3 is 0 Å². The topological polar surface area (TPSA) is 64.4 Å². The van der Waals surface area contributed by atoms with E-state index >= 15 is 0 Å². The predicted octanol–water partition coefficient (Wildman–Crippen LogP) is 4.84. The number of carbonyl (C=O) groups excluding carboxylic acids is 1.